The van der Waals surface area contributed by atoms with Crippen molar-refractivity contribution >= 4 is 59.6 Å². The van der Waals surface area contributed by atoms with Crippen LogP contribution < -0.4 is 5.32 Å². The predicted molar refractivity (Wildman–Crippen MR) is 117 cm³/mol. The van der Waals surface area contributed by atoms with E-state index in [1.165, 1.54) is 3.70 Å². The monoisotopic (exact) mass is 565 g/mol. The lowest BCUT2D eigenvalue weighted by atomic mass is 10.1. The molecular formula is C17H21I2N5O. The molecule has 2 aromatic heterocycles. The summed E-state index contributed by atoms with van der Waals surface area (Å²) in [5, 5.41) is 3.70. The molecule has 1 saturated heterocycles. The van der Waals surface area contributed by atoms with Crippen LogP contribution in [-0.2, 0) is 6.54 Å². The van der Waals surface area contributed by atoms with Crippen LogP contribution in [0, 0.1) is 17.5 Å². The molecule has 0 spiro atoms. The van der Waals surface area contributed by atoms with E-state index in [4.69, 9.17) is 9.40 Å². The second-order valence-electron chi connectivity index (χ2n) is 6.36. The van der Waals surface area contributed by atoms with Crippen LogP contribution in [0.3, 0.4) is 0 Å². The van der Waals surface area contributed by atoms with E-state index in [1.54, 1.807) is 0 Å². The standard InChI is InChI=1S/C17H21I2N5O/c1-11-15(25-12(2)20-11)10-24-16-14(4-3-7-19-16)22-17(24)21-13-5-8-23(18)9-6-13/h3-4,7,13H,5-6,8-10H2,1-2H3,(H,21,22). The Kier molecular flexibility index (Phi) is 5.28. The minimum atomic E-state index is -0.162. The molecule has 0 radical (unpaired) electrons. The Hall–Kier alpha value is -0.750. The summed E-state index contributed by atoms with van der Waals surface area (Å²) in [6.07, 6.45) is 6.55. The van der Waals surface area contributed by atoms with Crippen molar-refractivity contribution in [1.82, 2.24) is 17.6 Å². The first-order valence-corrected chi connectivity index (χ1v) is 11.7. The van der Waals surface area contributed by atoms with Gasteiger partial charge in [-0.2, -0.15) is 0 Å². The maximum atomic E-state index is 5.83. The van der Waals surface area contributed by atoms with Gasteiger partial charge in [-0.25, -0.2) is 13.1 Å². The summed E-state index contributed by atoms with van der Waals surface area (Å²) < 4.78 is 14.1. The van der Waals surface area contributed by atoms with Crippen molar-refractivity contribution in [1.29, 1.82) is 0 Å². The summed E-state index contributed by atoms with van der Waals surface area (Å²) in [6, 6.07) is 0.484. The lowest BCUT2D eigenvalue weighted by Gasteiger charge is -2.28. The molecule has 25 heavy (non-hydrogen) atoms. The van der Waals surface area contributed by atoms with Gasteiger partial charge < -0.3 is 9.73 Å². The number of allylic oxidation sites excluding steroid dienone is 1. The van der Waals surface area contributed by atoms with Crippen LogP contribution in [0.15, 0.2) is 10.5 Å². The van der Waals surface area contributed by atoms with Crippen LogP contribution in [0.25, 0.3) is 6.08 Å². The van der Waals surface area contributed by atoms with E-state index in [-0.39, 0.29) is 20.7 Å². The number of aromatic nitrogens is 3. The highest BCUT2D eigenvalue weighted by Gasteiger charge is 2.23. The zero-order chi connectivity index (χ0) is 17.4. The summed E-state index contributed by atoms with van der Waals surface area (Å²) >= 11 is 2.25. The van der Waals surface area contributed by atoms with E-state index >= 15 is 0 Å². The molecule has 6 nitrogen and oxygen atoms in total. The van der Waals surface area contributed by atoms with Crippen LogP contribution in [0.1, 0.15) is 35.9 Å². The highest BCUT2D eigenvalue weighted by molar-refractivity contribution is 14.2. The van der Waals surface area contributed by atoms with Gasteiger partial charge in [0.05, 0.1) is 17.9 Å². The summed E-state index contributed by atoms with van der Waals surface area (Å²) in [6.45, 7) is 6.86. The summed E-state index contributed by atoms with van der Waals surface area (Å²) in [5.41, 5.74) is 2.08. The van der Waals surface area contributed by atoms with Crippen LogP contribution in [-0.4, -0.2) is 40.8 Å². The van der Waals surface area contributed by atoms with Gasteiger partial charge in [0.1, 0.15) is 9.46 Å². The average Bonchev–Trinajstić information content (AvgIpc) is 3.10. The molecule has 0 unspecified atom stereocenters. The number of hydrogen-bond acceptors (Lipinski definition) is 5. The topological polar surface area (TPSA) is 59.1 Å². The molecule has 0 atom stereocenters. The number of piperidine rings is 1. The number of nitrogens with zero attached hydrogens (tertiary/aromatic N) is 4. The Morgan fingerprint density at radius 1 is 1.32 bits per heavy atom. The molecule has 2 aromatic rings. The summed E-state index contributed by atoms with van der Waals surface area (Å²) in [5.74, 6) is 2.64. The number of anilines is 1. The molecule has 0 aromatic carbocycles. The molecule has 0 bridgehead atoms. The fourth-order valence-corrected chi connectivity index (χ4v) is 5.86. The fourth-order valence-electron chi connectivity index (χ4n) is 3.19. The average molecular weight is 565 g/mol. The molecule has 1 N–H and O–H groups in total. The van der Waals surface area contributed by atoms with Crippen LogP contribution in [0.2, 0.25) is 0 Å². The smallest absolute Gasteiger partial charge is 0.204 e. The third-order valence-corrected chi connectivity index (χ3v) is 7.96. The van der Waals surface area contributed by atoms with Gasteiger partial charge >= 0.3 is 0 Å². The van der Waals surface area contributed by atoms with E-state index in [2.05, 4.69) is 57.0 Å². The number of nitrogens with one attached hydrogen (secondary N) is 1. The van der Waals surface area contributed by atoms with E-state index in [9.17, 15) is 0 Å². The minimum Gasteiger partial charge on any atom is -0.444 e. The molecule has 0 saturated carbocycles. The van der Waals surface area contributed by atoms with Crippen molar-refractivity contribution in [3.8, 4) is 0 Å². The Balaban J connectivity index is 1.64. The molecule has 8 heteroatoms. The molecule has 4 heterocycles. The van der Waals surface area contributed by atoms with E-state index in [0.717, 1.165) is 54.9 Å². The quantitative estimate of drug-likeness (QED) is 0.453. The van der Waals surface area contributed by atoms with Gasteiger partial charge in [0, 0.05) is 48.9 Å². The lowest BCUT2D eigenvalue weighted by molar-refractivity contribution is 0.380. The minimum absolute atomic E-state index is 0.162. The number of oxazole rings is 1. The Morgan fingerprint density at radius 2 is 2.12 bits per heavy atom. The SMILES string of the molecule is Cc1nc(C)c(Cn2c(NC3CCN(I)CC3)nc3c2I=CC=C3)o1. The van der Waals surface area contributed by atoms with Crippen molar-refractivity contribution in [3.63, 3.8) is 0 Å². The Bertz CT molecular complexity index is 830. The van der Waals surface area contributed by atoms with E-state index in [0.29, 0.717) is 12.6 Å². The molecule has 1 fully saturated rings. The predicted octanol–water partition coefficient (Wildman–Crippen LogP) is 3.73. The van der Waals surface area contributed by atoms with Crippen LogP contribution in [0.5, 0.6) is 0 Å². The van der Waals surface area contributed by atoms with E-state index < -0.39 is 0 Å². The number of aryl methyl sites for hydroxylation is 2. The molecule has 4 rings (SSSR count). The second kappa shape index (κ2) is 7.47. The number of halogens is 2. The fraction of sp³-hybridized carbons (Fsp3) is 0.471. The maximum absolute atomic E-state index is 5.83. The molecule has 0 aliphatic carbocycles. The zero-order valence-corrected chi connectivity index (χ0v) is 18.6. The Morgan fingerprint density at radius 3 is 2.84 bits per heavy atom. The first-order valence-electron chi connectivity index (χ1n) is 8.44. The number of hydrogen-bond donors (Lipinski definition) is 1. The first-order chi connectivity index (χ1) is 12.1. The highest BCUT2D eigenvalue weighted by atomic mass is 127. The van der Waals surface area contributed by atoms with Crippen LogP contribution in [0.4, 0.5) is 5.95 Å². The van der Waals surface area contributed by atoms with Gasteiger partial charge in [-0.05, 0) is 29.9 Å². The Labute approximate surface area is 171 Å². The van der Waals surface area contributed by atoms with Crippen molar-refractivity contribution in [3.05, 3.63) is 32.8 Å². The van der Waals surface area contributed by atoms with Gasteiger partial charge in [-0.1, -0.05) is 26.8 Å². The second-order valence-corrected chi connectivity index (χ2v) is 10.1. The van der Waals surface area contributed by atoms with E-state index in [1.807, 2.05) is 13.8 Å². The molecule has 0 amide bonds. The first kappa shape index (κ1) is 17.7. The van der Waals surface area contributed by atoms with Gasteiger partial charge in [-0.15, -0.1) is 0 Å². The lowest BCUT2D eigenvalue weighted by Crippen LogP contribution is -2.34. The van der Waals surface area contributed by atoms with Crippen molar-refractivity contribution in [2.24, 2.45) is 0 Å². The molecule has 134 valence electrons. The summed E-state index contributed by atoms with van der Waals surface area (Å²) in [4.78, 5) is 9.31. The normalized spacial score (nSPS) is 18.2. The summed E-state index contributed by atoms with van der Waals surface area (Å²) in [7, 11) is 0. The molecule has 2 aliphatic heterocycles. The molecular weight excluding hydrogens is 544 g/mol. The van der Waals surface area contributed by atoms with Crippen molar-refractivity contribution < 1.29 is 4.42 Å². The van der Waals surface area contributed by atoms with Crippen molar-refractivity contribution in [2.45, 2.75) is 39.3 Å². The van der Waals surface area contributed by atoms with Gasteiger partial charge in [-0.3, -0.25) is 4.57 Å². The maximum Gasteiger partial charge on any atom is 0.204 e. The van der Waals surface area contributed by atoms with Crippen molar-refractivity contribution in [2.75, 3.05) is 18.4 Å². The zero-order valence-electron chi connectivity index (χ0n) is 14.3. The molecule has 2 aliphatic rings. The highest BCUT2D eigenvalue weighted by Crippen LogP contribution is 2.29. The van der Waals surface area contributed by atoms with Crippen LogP contribution >= 0.6 is 43.6 Å². The van der Waals surface area contributed by atoms with Gasteiger partial charge in [0.2, 0.25) is 5.95 Å². The number of fused-ring (bicyclic) bond motifs is 1. The van der Waals surface area contributed by atoms with Gasteiger partial charge in [0.15, 0.2) is 5.89 Å². The third-order valence-electron chi connectivity index (χ3n) is 4.50. The van der Waals surface area contributed by atoms with Gasteiger partial charge in [0.25, 0.3) is 0 Å². The number of imidazole rings is 1. The largest absolute Gasteiger partial charge is 0.444 e. The third kappa shape index (κ3) is 3.85. The number of rotatable bonds is 4.